The second-order valence-corrected chi connectivity index (χ2v) is 6.12. The lowest BCUT2D eigenvalue weighted by molar-refractivity contribution is -0.249. The highest BCUT2D eigenvalue weighted by molar-refractivity contribution is 7.88. The first kappa shape index (κ1) is 17.3. The number of hydrogen-bond acceptors (Lipinski definition) is 5. The summed E-state index contributed by atoms with van der Waals surface area (Å²) >= 11 is -2.34. The van der Waals surface area contributed by atoms with Gasteiger partial charge in [-0.25, -0.2) is 9.10 Å². The smallest absolute Gasteiger partial charge is 0.184 e. The standard InChI is InChI=1S/C10H23NO4S2/c1-5-10(14-15-17(4)13)9(2)7-6-8-11-16(3)12/h9-11H,5-8H2,1-4H3. The average molecular weight is 285 g/mol. The Balaban J connectivity index is 3.75. The first-order valence-electron chi connectivity index (χ1n) is 5.71. The molecule has 1 N–H and O–H groups in total. The fourth-order valence-corrected chi connectivity index (χ4v) is 2.14. The zero-order valence-electron chi connectivity index (χ0n) is 10.9. The minimum absolute atomic E-state index is 0.0500. The number of rotatable bonds is 10. The lowest BCUT2D eigenvalue weighted by Crippen LogP contribution is -2.25. The molecule has 0 spiro atoms. The molecule has 0 heterocycles. The van der Waals surface area contributed by atoms with Crippen molar-refractivity contribution in [1.82, 2.24) is 4.72 Å². The molecule has 0 radical (unpaired) electrons. The van der Waals surface area contributed by atoms with E-state index in [4.69, 9.17) is 4.89 Å². The van der Waals surface area contributed by atoms with Crippen molar-refractivity contribution >= 4 is 22.4 Å². The van der Waals surface area contributed by atoms with Crippen molar-refractivity contribution in [1.29, 1.82) is 0 Å². The van der Waals surface area contributed by atoms with Gasteiger partial charge in [0.1, 0.15) is 6.26 Å². The third-order valence-electron chi connectivity index (χ3n) is 2.44. The van der Waals surface area contributed by atoms with Crippen LogP contribution >= 0.6 is 0 Å². The third-order valence-corrected chi connectivity index (χ3v) is 3.32. The normalized spacial score (nSPS) is 18.6. The van der Waals surface area contributed by atoms with Crippen molar-refractivity contribution in [2.75, 3.05) is 19.1 Å². The van der Waals surface area contributed by atoms with Crippen LogP contribution in [0.4, 0.5) is 0 Å². The third kappa shape index (κ3) is 9.99. The maximum atomic E-state index is 10.8. The molecule has 0 saturated heterocycles. The maximum absolute atomic E-state index is 10.8. The molecule has 4 unspecified atom stereocenters. The van der Waals surface area contributed by atoms with Crippen molar-refractivity contribution < 1.29 is 18.0 Å². The van der Waals surface area contributed by atoms with E-state index >= 15 is 0 Å². The van der Waals surface area contributed by atoms with Gasteiger partial charge in [-0.3, -0.25) is 0 Å². The second-order valence-electron chi connectivity index (χ2n) is 3.98. The minimum Gasteiger partial charge on any atom is -0.598 e. The summed E-state index contributed by atoms with van der Waals surface area (Å²) in [5.41, 5.74) is 0. The van der Waals surface area contributed by atoms with Crippen molar-refractivity contribution in [2.24, 2.45) is 5.92 Å². The van der Waals surface area contributed by atoms with E-state index in [1.54, 1.807) is 6.26 Å². The zero-order chi connectivity index (χ0) is 13.3. The molecule has 17 heavy (non-hydrogen) atoms. The summed E-state index contributed by atoms with van der Waals surface area (Å²) in [4.78, 5) is 5.11. The van der Waals surface area contributed by atoms with Crippen molar-refractivity contribution in [2.45, 2.75) is 39.2 Å². The summed E-state index contributed by atoms with van der Waals surface area (Å²) in [6.45, 7) is 4.80. The summed E-state index contributed by atoms with van der Waals surface area (Å²) < 4.78 is 29.0. The molecule has 0 aliphatic rings. The van der Waals surface area contributed by atoms with Gasteiger partial charge in [-0.15, -0.1) is 9.06 Å². The monoisotopic (exact) mass is 285 g/mol. The quantitative estimate of drug-likeness (QED) is 0.283. The van der Waals surface area contributed by atoms with Crippen molar-refractivity contribution in [3.8, 4) is 0 Å². The van der Waals surface area contributed by atoms with E-state index in [-0.39, 0.29) is 6.10 Å². The van der Waals surface area contributed by atoms with Crippen LogP contribution in [0.3, 0.4) is 0 Å². The molecule has 104 valence electrons. The predicted octanol–water partition coefficient (Wildman–Crippen LogP) is 1.31. The minimum atomic E-state index is -1.39. The Bertz CT molecular complexity index is 216. The van der Waals surface area contributed by atoms with Gasteiger partial charge in [0.05, 0.1) is 6.10 Å². The van der Waals surface area contributed by atoms with Crippen LogP contribution in [0, 0.1) is 5.92 Å². The fourth-order valence-electron chi connectivity index (χ4n) is 1.50. The van der Waals surface area contributed by atoms with E-state index in [0.717, 1.165) is 25.8 Å². The zero-order valence-corrected chi connectivity index (χ0v) is 12.6. The van der Waals surface area contributed by atoms with Crippen molar-refractivity contribution in [3.05, 3.63) is 0 Å². The maximum Gasteiger partial charge on any atom is 0.184 e. The summed E-state index contributed by atoms with van der Waals surface area (Å²) in [6.07, 6.45) is 5.68. The van der Waals surface area contributed by atoms with E-state index in [0.29, 0.717) is 5.92 Å². The Labute approximate surface area is 110 Å². The summed E-state index contributed by atoms with van der Waals surface area (Å²) in [5.74, 6) is 0.315. The van der Waals surface area contributed by atoms with Gasteiger partial charge in [0, 0.05) is 24.2 Å². The summed E-state index contributed by atoms with van der Waals surface area (Å²) in [5, 5.41) is 0. The van der Waals surface area contributed by atoms with Gasteiger partial charge in [0.15, 0.2) is 11.1 Å². The second kappa shape index (κ2) is 10.3. The molecule has 5 nitrogen and oxygen atoms in total. The predicted molar refractivity (Wildman–Crippen MR) is 70.8 cm³/mol. The lowest BCUT2D eigenvalue weighted by atomic mass is 9.97. The molecule has 0 saturated carbocycles. The van der Waals surface area contributed by atoms with Gasteiger partial charge in [-0.2, -0.15) is 0 Å². The SMILES string of the molecule is CCC(OOS(C)=O)C(C)CCCN[S+](C)[O-]. The van der Waals surface area contributed by atoms with Gasteiger partial charge in [0.25, 0.3) is 0 Å². The van der Waals surface area contributed by atoms with Gasteiger partial charge in [-0.1, -0.05) is 13.8 Å². The molecule has 0 amide bonds. The molecule has 0 aliphatic carbocycles. The van der Waals surface area contributed by atoms with Crippen LogP contribution in [-0.4, -0.2) is 33.9 Å². The Morgan fingerprint density at radius 1 is 1.53 bits per heavy atom. The summed E-state index contributed by atoms with van der Waals surface area (Å²) in [6, 6.07) is 0. The average Bonchev–Trinajstić information content (AvgIpc) is 2.24. The Morgan fingerprint density at radius 3 is 2.65 bits per heavy atom. The van der Waals surface area contributed by atoms with Crippen LogP contribution in [0.25, 0.3) is 0 Å². The highest BCUT2D eigenvalue weighted by atomic mass is 32.2. The van der Waals surface area contributed by atoms with E-state index < -0.39 is 22.4 Å². The molecule has 0 aromatic carbocycles. The Kier molecular flexibility index (Phi) is 10.5. The van der Waals surface area contributed by atoms with Crippen LogP contribution < -0.4 is 4.72 Å². The van der Waals surface area contributed by atoms with Crippen LogP contribution in [0.5, 0.6) is 0 Å². The lowest BCUT2D eigenvalue weighted by Gasteiger charge is -2.20. The first-order chi connectivity index (χ1) is 7.97. The van der Waals surface area contributed by atoms with Crippen LogP contribution in [-0.2, 0) is 31.7 Å². The van der Waals surface area contributed by atoms with E-state index in [9.17, 15) is 8.76 Å². The largest absolute Gasteiger partial charge is 0.598 e. The topological polar surface area (TPSA) is 70.6 Å². The molecule has 4 atom stereocenters. The Morgan fingerprint density at radius 2 is 2.18 bits per heavy atom. The molecule has 0 fully saturated rings. The fraction of sp³-hybridized carbons (Fsp3) is 1.00. The molecule has 0 rings (SSSR count). The van der Waals surface area contributed by atoms with E-state index in [1.807, 2.05) is 6.92 Å². The van der Waals surface area contributed by atoms with Crippen LogP contribution in [0.1, 0.15) is 33.1 Å². The van der Waals surface area contributed by atoms with Crippen LogP contribution in [0.15, 0.2) is 0 Å². The first-order valence-corrected chi connectivity index (χ1v) is 8.75. The van der Waals surface area contributed by atoms with Crippen LogP contribution in [0.2, 0.25) is 0 Å². The highest BCUT2D eigenvalue weighted by Gasteiger charge is 2.17. The van der Waals surface area contributed by atoms with Crippen molar-refractivity contribution in [3.63, 3.8) is 0 Å². The van der Waals surface area contributed by atoms with Gasteiger partial charge < -0.3 is 4.55 Å². The summed E-state index contributed by atoms with van der Waals surface area (Å²) in [7, 11) is 0. The highest BCUT2D eigenvalue weighted by Crippen LogP contribution is 2.17. The van der Waals surface area contributed by atoms with E-state index in [2.05, 4.69) is 16.0 Å². The number of hydrogen-bond donors (Lipinski definition) is 1. The molecule has 0 aliphatic heterocycles. The molecule has 7 heteroatoms. The molecule has 0 aromatic heterocycles. The molecular weight excluding hydrogens is 262 g/mol. The van der Waals surface area contributed by atoms with Gasteiger partial charge in [-0.05, 0) is 25.2 Å². The van der Waals surface area contributed by atoms with E-state index in [1.165, 1.54) is 6.26 Å². The number of nitrogens with one attached hydrogen (secondary N) is 1. The van der Waals surface area contributed by atoms with Gasteiger partial charge >= 0.3 is 0 Å². The van der Waals surface area contributed by atoms with Gasteiger partial charge in [0.2, 0.25) is 0 Å². The molecule has 0 aromatic rings. The Hall–Kier alpha value is 0.340. The molecular formula is C10H23NO4S2. The molecule has 0 bridgehead atoms.